The maximum Gasteiger partial charge on any atom is 0.147 e. The molecule has 0 heterocycles. The zero-order valence-electron chi connectivity index (χ0n) is 11.0. The summed E-state index contributed by atoms with van der Waals surface area (Å²) in [5.41, 5.74) is 3.24. The number of ether oxygens (including phenoxy) is 1. The van der Waals surface area contributed by atoms with Crippen LogP contribution in [0.4, 0.5) is 0 Å². The van der Waals surface area contributed by atoms with E-state index in [1.807, 2.05) is 13.0 Å². The summed E-state index contributed by atoms with van der Waals surface area (Å²) >= 11 is 3.44. The Morgan fingerprint density at radius 2 is 1.88 bits per heavy atom. The summed E-state index contributed by atoms with van der Waals surface area (Å²) in [6.07, 6.45) is 0. The molecule has 0 aliphatic rings. The summed E-state index contributed by atoms with van der Waals surface area (Å²) in [5.74, 6) is 1.38. The molecule has 1 rings (SSSR count). The second kappa shape index (κ2) is 5.67. The molecule has 0 saturated heterocycles. The molecule has 0 aliphatic carbocycles. The molecular formula is C14H19BrO2. The third-order valence-electron chi connectivity index (χ3n) is 2.87. The highest BCUT2D eigenvalue weighted by atomic mass is 79.9. The molecule has 0 radical (unpaired) electrons. The van der Waals surface area contributed by atoms with Gasteiger partial charge in [-0.2, -0.15) is 0 Å². The lowest BCUT2D eigenvalue weighted by Crippen LogP contribution is -2.06. The lowest BCUT2D eigenvalue weighted by Gasteiger charge is -2.18. The van der Waals surface area contributed by atoms with Crippen molar-refractivity contribution in [1.82, 2.24) is 0 Å². The van der Waals surface area contributed by atoms with E-state index < -0.39 is 0 Å². The average molecular weight is 299 g/mol. The Morgan fingerprint density at radius 3 is 2.29 bits per heavy atom. The van der Waals surface area contributed by atoms with E-state index in [4.69, 9.17) is 4.74 Å². The molecule has 0 N–H and O–H groups in total. The quantitative estimate of drug-likeness (QED) is 0.781. The smallest absolute Gasteiger partial charge is 0.147 e. The second-order valence-corrected chi connectivity index (χ2v) is 5.49. The molecule has 0 saturated carbocycles. The SMILES string of the molecule is COc1cc(C)c(C(Br)C(C)=O)cc1C(C)C. The molecule has 1 unspecified atom stereocenters. The highest BCUT2D eigenvalue weighted by Gasteiger charge is 2.18. The highest BCUT2D eigenvalue weighted by Crippen LogP contribution is 2.35. The van der Waals surface area contributed by atoms with E-state index in [2.05, 4.69) is 35.8 Å². The van der Waals surface area contributed by atoms with Crippen LogP contribution in [0, 0.1) is 6.92 Å². The largest absolute Gasteiger partial charge is 0.496 e. The normalized spacial score (nSPS) is 12.6. The Kier molecular flexibility index (Phi) is 4.75. The molecule has 17 heavy (non-hydrogen) atoms. The number of halogens is 1. The molecule has 0 aromatic heterocycles. The van der Waals surface area contributed by atoms with Crippen LogP contribution in [0.1, 0.15) is 48.2 Å². The van der Waals surface area contributed by atoms with Gasteiger partial charge in [-0.25, -0.2) is 0 Å². The molecule has 0 amide bonds. The third kappa shape index (κ3) is 3.09. The van der Waals surface area contributed by atoms with Crippen molar-refractivity contribution in [3.8, 4) is 5.75 Å². The standard InChI is InChI=1S/C14H19BrO2/c1-8(2)11-7-12(14(15)10(4)16)9(3)6-13(11)17-5/h6-8,14H,1-5H3. The molecule has 1 aromatic rings. The summed E-state index contributed by atoms with van der Waals surface area (Å²) < 4.78 is 5.38. The average Bonchev–Trinajstić information content (AvgIpc) is 2.27. The van der Waals surface area contributed by atoms with Gasteiger partial charge in [0.1, 0.15) is 11.5 Å². The van der Waals surface area contributed by atoms with Gasteiger partial charge in [-0.05, 0) is 42.5 Å². The summed E-state index contributed by atoms with van der Waals surface area (Å²) in [7, 11) is 1.68. The van der Waals surface area contributed by atoms with Gasteiger partial charge in [0.15, 0.2) is 0 Å². The molecule has 0 bridgehead atoms. The fourth-order valence-electron chi connectivity index (χ4n) is 1.84. The number of alkyl halides is 1. The van der Waals surface area contributed by atoms with Crippen molar-refractivity contribution < 1.29 is 9.53 Å². The number of carbonyl (C=O) groups is 1. The first-order chi connectivity index (χ1) is 7.88. The first-order valence-corrected chi connectivity index (χ1v) is 6.63. The monoisotopic (exact) mass is 298 g/mol. The van der Waals surface area contributed by atoms with Gasteiger partial charge < -0.3 is 4.74 Å². The van der Waals surface area contributed by atoms with Crippen LogP contribution in [-0.2, 0) is 4.79 Å². The summed E-state index contributed by atoms with van der Waals surface area (Å²) in [6.45, 7) is 7.83. The lowest BCUT2D eigenvalue weighted by atomic mass is 9.94. The predicted octanol–water partition coefficient (Wildman–Crippen LogP) is 4.15. The van der Waals surface area contributed by atoms with E-state index >= 15 is 0 Å². The molecule has 0 aliphatic heterocycles. The van der Waals surface area contributed by atoms with Gasteiger partial charge in [0, 0.05) is 0 Å². The van der Waals surface area contributed by atoms with Crippen LogP contribution in [0.2, 0.25) is 0 Å². The topological polar surface area (TPSA) is 26.3 Å². The maximum atomic E-state index is 11.5. The predicted molar refractivity (Wildman–Crippen MR) is 74.2 cm³/mol. The van der Waals surface area contributed by atoms with E-state index in [-0.39, 0.29) is 10.6 Å². The van der Waals surface area contributed by atoms with Crippen molar-refractivity contribution in [2.45, 2.75) is 38.4 Å². The maximum absolute atomic E-state index is 11.5. The molecular weight excluding hydrogens is 280 g/mol. The minimum absolute atomic E-state index is 0.118. The Bertz CT molecular complexity index is 424. The summed E-state index contributed by atoms with van der Waals surface area (Å²) in [6, 6.07) is 4.07. The van der Waals surface area contributed by atoms with E-state index in [0.717, 1.165) is 22.4 Å². The van der Waals surface area contributed by atoms with Gasteiger partial charge in [0.25, 0.3) is 0 Å². The van der Waals surface area contributed by atoms with Crippen molar-refractivity contribution in [3.63, 3.8) is 0 Å². The molecule has 1 atom stereocenters. The Morgan fingerprint density at radius 1 is 1.29 bits per heavy atom. The van der Waals surface area contributed by atoms with Gasteiger partial charge in [0.2, 0.25) is 0 Å². The van der Waals surface area contributed by atoms with Crippen molar-refractivity contribution >= 4 is 21.7 Å². The van der Waals surface area contributed by atoms with E-state index in [1.165, 1.54) is 0 Å². The fourth-order valence-corrected chi connectivity index (χ4v) is 2.33. The van der Waals surface area contributed by atoms with Crippen molar-refractivity contribution in [1.29, 1.82) is 0 Å². The van der Waals surface area contributed by atoms with Gasteiger partial charge in [-0.15, -0.1) is 0 Å². The van der Waals surface area contributed by atoms with Crippen molar-refractivity contribution in [3.05, 3.63) is 28.8 Å². The molecule has 3 heteroatoms. The minimum atomic E-state index is -0.231. The van der Waals surface area contributed by atoms with Crippen LogP contribution in [0.5, 0.6) is 5.75 Å². The van der Waals surface area contributed by atoms with Crippen molar-refractivity contribution in [2.75, 3.05) is 7.11 Å². The number of rotatable bonds is 4. The third-order valence-corrected chi connectivity index (χ3v) is 4.01. The number of aryl methyl sites for hydroxylation is 1. The number of Topliss-reactive ketones (excluding diaryl/α,β-unsaturated/α-hetero) is 1. The van der Waals surface area contributed by atoms with E-state index in [9.17, 15) is 4.79 Å². The summed E-state index contributed by atoms with van der Waals surface area (Å²) in [4.78, 5) is 11.2. The molecule has 0 fully saturated rings. The van der Waals surface area contributed by atoms with Crippen LogP contribution >= 0.6 is 15.9 Å². The lowest BCUT2D eigenvalue weighted by molar-refractivity contribution is -0.116. The Labute approximate surface area is 111 Å². The number of methoxy groups -OCH3 is 1. The molecule has 1 aromatic carbocycles. The van der Waals surface area contributed by atoms with E-state index in [1.54, 1.807) is 14.0 Å². The number of carbonyl (C=O) groups excluding carboxylic acids is 1. The molecule has 94 valence electrons. The van der Waals surface area contributed by atoms with E-state index in [0.29, 0.717) is 5.92 Å². The zero-order chi connectivity index (χ0) is 13.2. The van der Waals surface area contributed by atoms with Crippen LogP contribution in [0.25, 0.3) is 0 Å². The summed E-state index contributed by atoms with van der Waals surface area (Å²) in [5, 5.41) is 0. The molecule has 2 nitrogen and oxygen atoms in total. The van der Waals surface area contributed by atoms with Crippen LogP contribution in [-0.4, -0.2) is 12.9 Å². The first-order valence-electron chi connectivity index (χ1n) is 5.71. The second-order valence-electron chi connectivity index (χ2n) is 4.58. The van der Waals surface area contributed by atoms with Crippen LogP contribution in [0.15, 0.2) is 12.1 Å². The Balaban J connectivity index is 3.34. The number of hydrogen-bond acceptors (Lipinski definition) is 2. The molecule has 0 spiro atoms. The van der Waals surface area contributed by atoms with Gasteiger partial charge in [-0.3, -0.25) is 4.79 Å². The van der Waals surface area contributed by atoms with Crippen LogP contribution < -0.4 is 4.74 Å². The number of ketones is 1. The first kappa shape index (κ1) is 14.2. The van der Waals surface area contributed by atoms with Gasteiger partial charge in [0.05, 0.1) is 11.9 Å². The Hall–Kier alpha value is -0.830. The fraction of sp³-hybridized carbons (Fsp3) is 0.500. The zero-order valence-corrected chi connectivity index (χ0v) is 12.6. The minimum Gasteiger partial charge on any atom is -0.496 e. The van der Waals surface area contributed by atoms with Crippen molar-refractivity contribution in [2.24, 2.45) is 0 Å². The van der Waals surface area contributed by atoms with Gasteiger partial charge >= 0.3 is 0 Å². The highest BCUT2D eigenvalue weighted by molar-refractivity contribution is 9.09. The number of benzene rings is 1. The number of hydrogen-bond donors (Lipinski definition) is 0. The van der Waals surface area contributed by atoms with Gasteiger partial charge in [-0.1, -0.05) is 35.8 Å². The van der Waals surface area contributed by atoms with Crippen LogP contribution in [0.3, 0.4) is 0 Å².